The summed E-state index contributed by atoms with van der Waals surface area (Å²) in [4.78, 5) is 70.9. The molecule has 0 aromatic heterocycles. The van der Waals surface area contributed by atoms with E-state index in [2.05, 4.69) is 25.7 Å². The second kappa shape index (κ2) is 24.6. The lowest BCUT2D eigenvalue weighted by Crippen LogP contribution is -2.47. The number of carbonyl (C=O) groups excluding carboxylic acids is 5. The second-order valence-electron chi connectivity index (χ2n) is 20.4. The zero-order valence-electron chi connectivity index (χ0n) is 39.7. The fourth-order valence-corrected chi connectivity index (χ4v) is 6.51. The van der Waals surface area contributed by atoms with Crippen molar-refractivity contribution in [2.75, 3.05) is 65.5 Å². The molecule has 0 N–H and O–H groups in total. The molecule has 0 amide bonds. The van der Waals surface area contributed by atoms with Crippen LogP contribution in [0.3, 0.4) is 0 Å². The van der Waals surface area contributed by atoms with Crippen molar-refractivity contribution in [2.45, 2.75) is 133 Å². The minimum absolute atomic E-state index is 0.0379. The third kappa shape index (κ3) is 26.2. The van der Waals surface area contributed by atoms with Gasteiger partial charge in [-0.25, -0.2) is 0 Å². The summed E-state index contributed by atoms with van der Waals surface area (Å²) in [5.41, 5.74) is 0.942. The molecule has 2 aromatic carbocycles. The van der Waals surface area contributed by atoms with Crippen molar-refractivity contribution in [3.05, 3.63) is 71.3 Å². The Hall–Kier alpha value is -3.97. The molecule has 0 radical (unpaired) electrons. The highest BCUT2D eigenvalue weighted by Crippen LogP contribution is 2.17. The zero-order valence-corrected chi connectivity index (χ0v) is 39.7. The number of hydrogen-bond donors (Lipinski definition) is 0. The first-order valence-electron chi connectivity index (χ1n) is 21.7. The van der Waals surface area contributed by atoms with Gasteiger partial charge in [-0.2, -0.15) is 0 Å². The first kappa shape index (κ1) is 53.2. The van der Waals surface area contributed by atoms with Gasteiger partial charge >= 0.3 is 17.9 Å². The summed E-state index contributed by atoms with van der Waals surface area (Å²) in [6.45, 7) is 27.1. The Morgan fingerprint density at radius 1 is 0.541 bits per heavy atom. The molecule has 12 nitrogen and oxygen atoms in total. The fraction of sp³-hybridized carbons (Fsp3) is 0.653. The summed E-state index contributed by atoms with van der Waals surface area (Å²) in [7, 11) is 0. The molecule has 0 unspecified atom stereocenters. The van der Waals surface area contributed by atoms with E-state index in [0.29, 0.717) is 52.0 Å². The van der Waals surface area contributed by atoms with Crippen LogP contribution in [0.1, 0.15) is 113 Å². The van der Waals surface area contributed by atoms with Gasteiger partial charge in [0, 0.05) is 45.1 Å². The predicted octanol–water partition coefficient (Wildman–Crippen LogP) is 7.13. The first-order valence-corrected chi connectivity index (χ1v) is 21.7. The van der Waals surface area contributed by atoms with Crippen molar-refractivity contribution in [3.8, 4) is 0 Å². The van der Waals surface area contributed by atoms with E-state index < -0.39 is 28.7 Å². The average molecular weight is 852 g/mol. The van der Waals surface area contributed by atoms with Crippen molar-refractivity contribution in [1.82, 2.24) is 14.7 Å². The van der Waals surface area contributed by atoms with E-state index in [-0.39, 0.29) is 68.2 Å². The number of aryl methyl sites for hydroxylation is 1. The van der Waals surface area contributed by atoms with Crippen LogP contribution in [0.25, 0.3) is 0 Å². The van der Waals surface area contributed by atoms with Crippen LogP contribution in [0.4, 0.5) is 0 Å². The Balaban J connectivity index is 2.14. The number of ketones is 2. The van der Waals surface area contributed by atoms with Crippen molar-refractivity contribution in [1.29, 1.82) is 0 Å². The van der Waals surface area contributed by atoms with Crippen LogP contribution in [-0.2, 0) is 62.4 Å². The Kier molecular flexibility index (Phi) is 21.5. The lowest BCUT2D eigenvalue weighted by atomic mass is 9.96. The molecule has 0 aliphatic rings. The summed E-state index contributed by atoms with van der Waals surface area (Å²) in [5, 5.41) is 0. The van der Waals surface area contributed by atoms with Gasteiger partial charge in [0.05, 0.1) is 32.8 Å². The zero-order chi connectivity index (χ0) is 46.0. The van der Waals surface area contributed by atoms with Crippen LogP contribution in [0.5, 0.6) is 0 Å². The molecule has 0 fully saturated rings. The van der Waals surface area contributed by atoms with Gasteiger partial charge in [0.15, 0.2) is 5.78 Å². The van der Waals surface area contributed by atoms with Gasteiger partial charge in [-0.3, -0.25) is 38.7 Å². The molecule has 12 heteroatoms. The van der Waals surface area contributed by atoms with Gasteiger partial charge in [0.1, 0.15) is 29.2 Å². The number of esters is 3. The van der Waals surface area contributed by atoms with Gasteiger partial charge in [-0.15, -0.1) is 0 Å². The molecule has 2 rings (SSSR count). The number of hydrogen-bond acceptors (Lipinski definition) is 12. The van der Waals surface area contributed by atoms with Crippen molar-refractivity contribution in [2.24, 2.45) is 11.3 Å². The molecule has 0 bridgehead atoms. The van der Waals surface area contributed by atoms with Gasteiger partial charge in [0.2, 0.25) is 0 Å². The van der Waals surface area contributed by atoms with E-state index >= 15 is 0 Å². The standard InChI is InChI=1S/C49H77N3O9/c1-37(29-39-17-15-14-16-18-39)42(54)35-58-34-40-21-19-38(20-22-40)23-24-41(53)30-50(26-28-52(36-46(2,3)4)33-45(57)61-49(11,12)13)25-27-51(31-43(55)59-47(5,6)7)32-44(56)60-48(8,9)10/h14-22,37H,23-36H2,1-13H3/t37-/m1/s1. The number of benzene rings is 2. The third-order valence-corrected chi connectivity index (χ3v) is 9.04. The van der Waals surface area contributed by atoms with Gasteiger partial charge in [0.25, 0.3) is 0 Å². The molecule has 2 aromatic rings. The van der Waals surface area contributed by atoms with Crippen LogP contribution in [0.2, 0.25) is 0 Å². The van der Waals surface area contributed by atoms with E-state index in [0.717, 1.165) is 16.7 Å². The largest absolute Gasteiger partial charge is 0.459 e. The van der Waals surface area contributed by atoms with E-state index in [1.807, 2.05) is 87.2 Å². The van der Waals surface area contributed by atoms with Crippen molar-refractivity contribution in [3.63, 3.8) is 0 Å². The summed E-state index contributed by atoms with van der Waals surface area (Å²) in [6, 6.07) is 17.8. The topological polar surface area (TPSA) is 132 Å². The molecule has 0 spiro atoms. The summed E-state index contributed by atoms with van der Waals surface area (Å²) in [5.74, 6) is -1.28. The van der Waals surface area contributed by atoms with E-state index in [1.54, 1.807) is 46.4 Å². The smallest absolute Gasteiger partial charge is 0.320 e. The molecule has 342 valence electrons. The van der Waals surface area contributed by atoms with Gasteiger partial charge in [-0.1, -0.05) is 82.3 Å². The second-order valence-corrected chi connectivity index (χ2v) is 20.4. The lowest BCUT2D eigenvalue weighted by Gasteiger charge is -2.33. The Labute approximate surface area is 367 Å². The van der Waals surface area contributed by atoms with Gasteiger partial charge < -0.3 is 18.9 Å². The maximum absolute atomic E-state index is 13.6. The Bertz CT molecular complexity index is 1640. The SMILES string of the molecule is C[C@H](Cc1ccccc1)C(=O)COCc1ccc(CCC(=O)CN(CCN(CC(=O)OC(C)(C)C)CC(=O)OC(C)(C)C)CCN(CC(=O)OC(C)(C)C)CC(C)(C)C)cc1. The molecule has 0 saturated heterocycles. The van der Waals surface area contributed by atoms with Crippen LogP contribution >= 0.6 is 0 Å². The average Bonchev–Trinajstić information content (AvgIpc) is 3.09. The predicted molar refractivity (Wildman–Crippen MR) is 240 cm³/mol. The van der Waals surface area contributed by atoms with Crippen LogP contribution in [0.15, 0.2) is 54.6 Å². The molecule has 0 aliphatic heterocycles. The molecule has 0 heterocycles. The van der Waals surface area contributed by atoms with E-state index in [1.165, 1.54) is 0 Å². The minimum Gasteiger partial charge on any atom is -0.459 e. The highest BCUT2D eigenvalue weighted by Gasteiger charge is 2.26. The van der Waals surface area contributed by atoms with Crippen LogP contribution < -0.4 is 0 Å². The summed E-state index contributed by atoms with van der Waals surface area (Å²) in [6.07, 6.45) is 1.53. The Morgan fingerprint density at radius 2 is 0.984 bits per heavy atom. The Morgan fingerprint density at radius 3 is 1.46 bits per heavy atom. The molecular weight excluding hydrogens is 775 g/mol. The fourth-order valence-electron chi connectivity index (χ4n) is 6.51. The maximum atomic E-state index is 13.6. The molecule has 61 heavy (non-hydrogen) atoms. The van der Waals surface area contributed by atoms with Crippen molar-refractivity contribution >= 4 is 29.5 Å². The third-order valence-electron chi connectivity index (χ3n) is 9.04. The minimum atomic E-state index is -0.701. The van der Waals surface area contributed by atoms with E-state index in [9.17, 15) is 24.0 Å². The number of nitrogens with zero attached hydrogens (tertiary/aromatic N) is 3. The highest BCUT2D eigenvalue weighted by atomic mass is 16.6. The number of carbonyl (C=O) groups is 5. The van der Waals surface area contributed by atoms with E-state index in [4.69, 9.17) is 18.9 Å². The number of rotatable bonds is 25. The van der Waals surface area contributed by atoms with Crippen LogP contribution in [-0.4, -0.2) is 126 Å². The number of Topliss-reactive ketones (excluding diaryl/α,β-unsaturated/α-hetero) is 2. The highest BCUT2D eigenvalue weighted by molar-refractivity contribution is 5.82. The molecular formula is C49H77N3O9. The molecule has 0 aliphatic carbocycles. The normalized spacial score (nSPS) is 13.0. The monoisotopic (exact) mass is 852 g/mol. The molecule has 0 saturated carbocycles. The van der Waals surface area contributed by atoms with Crippen LogP contribution in [0, 0.1) is 11.3 Å². The summed E-state index contributed by atoms with van der Waals surface area (Å²) < 4.78 is 22.6. The quantitative estimate of drug-likeness (QED) is 0.0744. The molecule has 1 atom stereocenters. The van der Waals surface area contributed by atoms with Gasteiger partial charge in [-0.05, 0) is 97.3 Å². The number of ether oxygens (including phenoxy) is 4. The first-order chi connectivity index (χ1) is 28.1. The lowest BCUT2D eigenvalue weighted by molar-refractivity contribution is -0.160. The van der Waals surface area contributed by atoms with Crippen molar-refractivity contribution < 1.29 is 42.9 Å². The maximum Gasteiger partial charge on any atom is 0.320 e. The summed E-state index contributed by atoms with van der Waals surface area (Å²) >= 11 is 0.